The number of nitrogens with one attached hydrogen (secondary N) is 1. The summed E-state index contributed by atoms with van der Waals surface area (Å²) < 4.78 is 0. The van der Waals surface area contributed by atoms with Crippen molar-refractivity contribution in [2.45, 2.75) is 46.1 Å². The smallest absolute Gasteiger partial charge is 0.317 e. The predicted octanol–water partition coefficient (Wildman–Crippen LogP) is 1.44. The topological polar surface area (TPSA) is 72.8 Å². The van der Waals surface area contributed by atoms with Crippen LogP contribution in [0.5, 0.6) is 0 Å². The molecule has 3 N–H and O–H groups in total. The maximum Gasteiger partial charge on any atom is 0.317 e. The van der Waals surface area contributed by atoms with Gasteiger partial charge in [-0.1, -0.05) is 20.8 Å². The fourth-order valence-electron chi connectivity index (χ4n) is 2.73. The summed E-state index contributed by atoms with van der Waals surface area (Å²) in [5.74, 6) is 1.14. The van der Waals surface area contributed by atoms with Crippen molar-refractivity contribution in [2.24, 2.45) is 17.8 Å². The van der Waals surface area contributed by atoms with Gasteiger partial charge in [0.15, 0.2) is 0 Å². The Morgan fingerprint density at radius 3 is 2.70 bits per heavy atom. The van der Waals surface area contributed by atoms with Crippen molar-refractivity contribution in [3.63, 3.8) is 0 Å². The minimum Gasteiger partial charge on any atom is -0.396 e. The number of carbonyl (C=O) groups is 1. The number of rotatable bonds is 6. The van der Waals surface area contributed by atoms with Gasteiger partial charge in [0.05, 0.1) is 6.10 Å². The Labute approximate surface area is 122 Å². The van der Waals surface area contributed by atoms with Crippen LogP contribution in [-0.2, 0) is 0 Å². The molecule has 0 spiro atoms. The maximum atomic E-state index is 12.1. The van der Waals surface area contributed by atoms with E-state index in [1.54, 1.807) is 4.90 Å². The highest BCUT2D eigenvalue weighted by atomic mass is 16.3. The van der Waals surface area contributed by atoms with Crippen molar-refractivity contribution in [1.82, 2.24) is 10.2 Å². The Morgan fingerprint density at radius 2 is 2.15 bits per heavy atom. The second-order valence-corrected chi connectivity index (χ2v) is 6.47. The van der Waals surface area contributed by atoms with Crippen LogP contribution in [0, 0.1) is 17.8 Å². The first-order chi connectivity index (χ1) is 9.43. The zero-order valence-electron chi connectivity index (χ0n) is 13.0. The Kier molecular flexibility index (Phi) is 7.30. The van der Waals surface area contributed by atoms with E-state index in [1.807, 2.05) is 6.92 Å². The molecule has 3 atom stereocenters. The van der Waals surface area contributed by atoms with Gasteiger partial charge in [-0.15, -0.1) is 0 Å². The first-order valence-electron chi connectivity index (χ1n) is 7.75. The number of carbonyl (C=O) groups excluding carboxylic acids is 1. The number of likely N-dealkylation sites (tertiary alicyclic amines) is 1. The monoisotopic (exact) mass is 286 g/mol. The Hall–Kier alpha value is -0.810. The summed E-state index contributed by atoms with van der Waals surface area (Å²) in [7, 11) is 0. The molecule has 0 aromatic carbocycles. The van der Waals surface area contributed by atoms with Gasteiger partial charge in [-0.3, -0.25) is 0 Å². The van der Waals surface area contributed by atoms with Crippen molar-refractivity contribution in [1.29, 1.82) is 0 Å². The molecule has 0 aromatic heterocycles. The van der Waals surface area contributed by atoms with Crippen LogP contribution in [-0.4, -0.2) is 53.5 Å². The molecule has 5 nitrogen and oxygen atoms in total. The van der Waals surface area contributed by atoms with Crippen LogP contribution in [0.4, 0.5) is 4.79 Å². The van der Waals surface area contributed by atoms with Gasteiger partial charge in [0.25, 0.3) is 0 Å². The minimum atomic E-state index is -0.418. The van der Waals surface area contributed by atoms with E-state index >= 15 is 0 Å². The van der Waals surface area contributed by atoms with Crippen molar-refractivity contribution in [3.05, 3.63) is 0 Å². The summed E-state index contributed by atoms with van der Waals surface area (Å²) >= 11 is 0. The molecule has 118 valence electrons. The molecule has 1 fully saturated rings. The Morgan fingerprint density at radius 1 is 1.45 bits per heavy atom. The molecule has 0 saturated carbocycles. The summed E-state index contributed by atoms with van der Waals surface area (Å²) in [6.45, 7) is 8.19. The molecule has 1 aliphatic heterocycles. The zero-order valence-corrected chi connectivity index (χ0v) is 13.0. The number of β-amino-alcohol motifs (C(OH)–C–C–N with tert-alkyl or cyclic N) is 1. The van der Waals surface area contributed by atoms with Crippen LogP contribution in [0.1, 0.15) is 40.0 Å². The predicted molar refractivity (Wildman–Crippen MR) is 79.4 cm³/mol. The molecule has 0 aromatic rings. The van der Waals surface area contributed by atoms with Gasteiger partial charge < -0.3 is 20.4 Å². The third-order valence-corrected chi connectivity index (χ3v) is 4.09. The third kappa shape index (κ3) is 5.67. The van der Waals surface area contributed by atoms with Gasteiger partial charge in [0, 0.05) is 26.2 Å². The second-order valence-electron chi connectivity index (χ2n) is 6.47. The molecular weight excluding hydrogens is 256 g/mol. The van der Waals surface area contributed by atoms with Crippen LogP contribution in [0.25, 0.3) is 0 Å². The van der Waals surface area contributed by atoms with E-state index in [0.29, 0.717) is 31.5 Å². The molecule has 1 aliphatic rings. The zero-order chi connectivity index (χ0) is 15.1. The number of amides is 2. The molecule has 0 aliphatic carbocycles. The first kappa shape index (κ1) is 17.2. The van der Waals surface area contributed by atoms with Crippen LogP contribution < -0.4 is 5.32 Å². The highest BCUT2D eigenvalue weighted by Crippen LogP contribution is 2.17. The van der Waals surface area contributed by atoms with Gasteiger partial charge in [-0.25, -0.2) is 4.79 Å². The molecule has 0 bridgehead atoms. The van der Waals surface area contributed by atoms with E-state index in [4.69, 9.17) is 5.11 Å². The fourth-order valence-corrected chi connectivity index (χ4v) is 2.73. The Bertz CT molecular complexity index is 297. The lowest BCUT2D eigenvalue weighted by Crippen LogP contribution is -2.50. The molecule has 0 radical (unpaired) electrons. The fraction of sp³-hybridized carbons (Fsp3) is 0.933. The van der Waals surface area contributed by atoms with Crippen LogP contribution >= 0.6 is 0 Å². The van der Waals surface area contributed by atoms with Crippen LogP contribution in [0.2, 0.25) is 0 Å². The molecule has 1 heterocycles. The number of nitrogens with zero attached hydrogens (tertiary/aromatic N) is 1. The maximum absolute atomic E-state index is 12.1. The van der Waals surface area contributed by atoms with E-state index in [2.05, 4.69) is 19.2 Å². The van der Waals surface area contributed by atoms with E-state index in [1.165, 1.54) is 0 Å². The number of aliphatic hydroxyl groups excluding tert-OH is 2. The van der Waals surface area contributed by atoms with Gasteiger partial charge in [0.2, 0.25) is 0 Å². The number of hydrogen-bond donors (Lipinski definition) is 3. The average molecular weight is 286 g/mol. The van der Waals surface area contributed by atoms with Crippen molar-refractivity contribution >= 4 is 6.03 Å². The SMILES string of the molecule is CC(C)CC(CCO)CNC(=O)N1CCC(C)C(O)C1. The van der Waals surface area contributed by atoms with Crippen molar-refractivity contribution in [2.75, 3.05) is 26.2 Å². The van der Waals surface area contributed by atoms with Gasteiger partial charge in [-0.2, -0.15) is 0 Å². The van der Waals surface area contributed by atoms with Gasteiger partial charge >= 0.3 is 6.03 Å². The first-order valence-corrected chi connectivity index (χ1v) is 7.75. The minimum absolute atomic E-state index is 0.0948. The number of urea groups is 1. The van der Waals surface area contributed by atoms with Gasteiger partial charge in [0.1, 0.15) is 0 Å². The molecule has 5 heteroatoms. The highest BCUT2D eigenvalue weighted by molar-refractivity contribution is 5.74. The highest BCUT2D eigenvalue weighted by Gasteiger charge is 2.27. The lowest BCUT2D eigenvalue weighted by atomic mass is 9.94. The van der Waals surface area contributed by atoms with Gasteiger partial charge in [-0.05, 0) is 37.0 Å². The van der Waals surface area contributed by atoms with E-state index in [0.717, 1.165) is 19.3 Å². The summed E-state index contributed by atoms with van der Waals surface area (Å²) in [5.41, 5.74) is 0. The van der Waals surface area contributed by atoms with Crippen molar-refractivity contribution in [3.8, 4) is 0 Å². The molecule has 2 amide bonds. The molecule has 20 heavy (non-hydrogen) atoms. The van der Waals surface area contributed by atoms with E-state index < -0.39 is 6.10 Å². The van der Waals surface area contributed by atoms with E-state index in [-0.39, 0.29) is 18.6 Å². The van der Waals surface area contributed by atoms with Crippen molar-refractivity contribution < 1.29 is 15.0 Å². The Balaban J connectivity index is 2.37. The molecule has 1 saturated heterocycles. The van der Waals surface area contributed by atoms with Crippen LogP contribution in [0.3, 0.4) is 0 Å². The quantitative estimate of drug-likeness (QED) is 0.692. The second kappa shape index (κ2) is 8.47. The van der Waals surface area contributed by atoms with E-state index in [9.17, 15) is 9.90 Å². The lowest BCUT2D eigenvalue weighted by Gasteiger charge is -2.34. The third-order valence-electron chi connectivity index (χ3n) is 4.09. The summed E-state index contributed by atoms with van der Waals surface area (Å²) in [6, 6.07) is -0.0948. The average Bonchev–Trinajstić information content (AvgIpc) is 2.38. The lowest BCUT2D eigenvalue weighted by molar-refractivity contribution is 0.0433. The summed E-state index contributed by atoms with van der Waals surface area (Å²) in [5, 5.41) is 21.8. The normalized spacial score (nSPS) is 24.8. The van der Waals surface area contributed by atoms with Crippen LogP contribution in [0.15, 0.2) is 0 Å². The number of piperidine rings is 1. The number of hydrogen-bond acceptors (Lipinski definition) is 3. The standard InChI is InChI=1S/C15H30N2O3/c1-11(2)8-13(5-7-18)9-16-15(20)17-6-4-12(3)14(19)10-17/h11-14,18-19H,4-10H2,1-3H3,(H,16,20). The number of aliphatic hydroxyl groups is 2. The molecule has 1 rings (SSSR count). The summed E-state index contributed by atoms with van der Waals surface area (Å²) in [4.78, 5) is 13.8. The summed E-state index contributed by atoms with van der Waals surface area (Å²) in [6.07, 6.45) is 2.15. The molecule has 3 unspecified atom stereocenters. The molecular formula is C15H30N2O3. The largest absolute Gasteiger partial charge is 0.396 e.